The van der Waals surface area contributed by atoms with Crippen LogP contribution in [0.1, 0.15) is 24.8 Å². The molecule has 0 aliphatic carbocycles. The molecular formula is C14H20N2O3. The number of benzene rings is 1. The summed E-state index contributed by atoms with van der Waals surface area (Å²) < 4.78 is 5.05. The van der Waals surface area contributed by atoms with Gasteiger partial charge in [0.1, 0.15) is 12.9 Å². The van der Waals surface area contributed by atoms with Gasteiger partial charge in [0.15, 0.2) is 0 Å². The summed E-state index contributed by atoms with van der Waals surface area (Å²) in [6.07, 6.45) is 2.17. The zero-order valence-corrected chi connectivity index (χ0v) is 10.9. The first-order valence-corrected chi connectivity index (χ1v) is 6.36. The summed E-state index contributed by atoms with van der Waals surface area (Å²) in [6.45, 7) is 0.761. The summed E-state index contributed by atoms with van der Waals surface area (Å²) in [6, 6.07) is 9.36. The van der Waals surface area contributed by atoms with Crippen LogP contribution in [0.25, 0.3) is 0 Å². The molecule has 19 heavy (non-hydrogen) atoms. The lowest BCUT2D eigenvalue weighted by atomic mass is 10.1. The van der Waals surface area contributed by atoms with Gasteiger partial charge in [-0.25, -0.2) is 4.79 Å². The van der Waals surface area contributed by atoms with E-state index in [0.29, 0.717) is 19.4 Å². The molecule has 5 heteroatoms. The molecule has 0 saturated carbocycles. The minimum atomic E-state index is -0.437. The third-order valence-electron chi connectivity index (χ3n) is 2.63. The molecule has 5 nitrogen and oxygen atoms in total. The summed E-state index contributed by atoms with van der Waals surface area (Å²) in [4.78, 5) is 21.6. The SMILES string of the molecule is N[C@H](CC=O)CCCNC(=O)OCc1ccccc1. The van der Waals surface area contributed by atoms with Gasteiger partial charge in [-0.2, -0.15) is 0 Å². The van der Waals surface area contributed by atoms with Gasteiger partial charge in [-0.05, 0) is 18.4 Å². The van der Waals surface area contributed by atoms with Crippen molar-refractivity contribution in [2.45, 2.75) is 31.9 Å². The van der Waals surface area contributed by atoms with Crippen LogP contribution >= 0.6 is 0 Å². The molecule has 104 valence electrons. The topological polar surface area (TPSA) is 81.4 Å². The molecule has 0 unspecified atom stereocenters. The second kappa shape index (κ2) is 9.10. The summed E-state index contributed by atoms with van der Waals surface area (Å²) in [7, 11) is 0. The van der Waals surface area contributed by atoms with Crippen LogP contribution in [0.5, 0.6) is 0 Å². The fourth-order valence-electron chi connectivity index (χ4n) is 1.57. The minimum absolute atomic E-state index is 0.125. The number of alkyl carbamates (subject to hydrolysis) is 1. The molecule has 0 aliphatic rings. The van der Waals surface area contributed by atoms with E-state index in [-0.39, 0.29) is 12.6 Å². The molecular weight excluding hydrogens is 244 g/mol. The van der Waals surface area contributed by atoms with Crippen molar-refractivity contribution in [2.75, 3.05) is 6.54 Å². The highest BCUT2D eigenvalue weighted by molar-refractivity contribution is 5.67. The van der Waals surface area contributed by atoms with E-state index in [1.807, 2.05) is 30.3 Å². The quantitative estimate of drug-likeness (QED) is 0.552. The second-order valence-electron chi connectivity index (χ2n) is 4.29. The third kappa shape index (κ3) is 7.21. The van der Waals surface area contributed by atoms with Gasteiger partial charge < -0.3 is 20.6 Å². The van der Waals surface area contributed by atoms with Gasteiger partial charge in [0, 0.05) is 19.0 Å². The van der Waals surface area contributed by atoms with Crippen molar-refractivity contribution in [3.63, 3.8) is 0 Å². The molecule has 0 heterocycles. The van der Waals surface area contributed by atoms with Gasteiger partial charge in [-0.15, -0.1) is 0 Å². The smallest absolute Gasteiger partial charge is 0.407 e. The number of nitrogens with one attached hydrogen (secondary N) is 1. The summed E-state index contributed by atoms with van der Waals surface area (Å²) in [5, 5.41) is 2.65. The van der Waals surface area contributed by atoms with E-state index in [4.69, 9.17) is 10.5 Å². The van der Waals surface area contributed by atoms with Crippen LogP contribution in [0.4, 0.5) is 4.79 Å². The number of hydrogen-bond donors (Lipinski definition) is 2. The largest absolute Gasteiger partial charge is 0.445 e. The number of carbonyl (C=O) groups is 2. The van der Waals surface area contributed by atoms with Crippen LogP contribution in [-0.4, -0.2) is 25.0 Å². The highest BCUT2D eigenvalue weighted by atomic mass is 16.5. The normalized spacial score (nSPS) is 11.6. The summed E-state index contributed by atoms with van der Waals surface area (Å²) in [5.41, 5.74) is 6.61. The van der Waals surface area contributed by atoms with Crippen LogP contribution in [0.2, 0.25) is 0 Å². The van der Waals surface area contributed by atoms with E-state index in [1.165, 1.54) is 0 Å². The number of hydrogen-bond acceptors (Lipinski definition) is 4. The molecule has 0 bridgehead atoms. The standard InChI is InChI=1S/C14H20N2O3/c15-13(8-10-17)7-4-9-16-14(18)19-11-12-5-2-1-3-6-12/h1-3,5-6,10,13H,4,7-9,11,15H2,(H,16,18)/t13-/m0/s1. The Morgan fingerprint density at radius 2 is 2.11 bits per heavy atom. The van der Waals surface area contributed by atoms with Crippen molar-refractivity contribution in [3.8, 4) is 0 Å². The lowest BCUT2D eigenvalue weighted by molar-refractivity contribution is -0.108. The van der Waals surface area contributed by atoms with Crippen molar-refractivity contribution in [1.29, 1.82) is 0 Å². The molecule has 0 radical (unpaired) electrons. The van der Waals surface area contributed by atoms with E-state index < -0.39 is 6.09 Å². The molecule has 1 amide bonds. The maximum atomic E-state index is 11.4. The first kappa shape index (κ1) is 15.2. The zero-order chi connectivity index (χ0) is 13.9. The Hall–Kier alpha value is -1.88. The van der Waals surface area contributed by atoms with Crippen LogP contribution in [0.15, 0.2) is 30.3 Å². The Balaban J connectivity index is 2.07. The monoisotopic (exact) mass is 264 g/mol. The predicted octanol–water partition coefficient (Wildman–Crippen LogP) is 1.61. The number of rotatable bonds is 8. The van der Waals surface area contributed by atoms with Crippen LogP contribution < -0.4 is 11.1 Å². The first-order valence-electron chi connectivity index (χ1n) is 6.36. The average Bonchev–Trinajstić information content (AvgIpc) is 2.43. The van der Waals surface area contributed by atoms with Gasteiger partial charge in [0.05, 0.1) is 0 Å². The molecule has 1 rings (SSSR count). The van der Waals surface area contributed by atoms with Crippen LogP contribution in [-0.2, 0) is 16.1 Å². The van der Waals surface area contributed by atoms with Crippen LogP contribution in [0.3, 0.4) is 0 Å². The molecule has 0 aliphatic heterocycles. The highest BCUT2D eigenvalue weighted by Crippen LogP contribution is 2.01. The molecule has 1 aromatic carbocycles. The average molecular weight is 264 g/mol. The van der Waals surface area contributed by atoms with Crippen molar-refractivity contribution in [1.82, 2.24) is 5.32 Å². The van der Waals surface area contributed by atoms with Crippen LogP contribution in [0, 0.1) is 0 Å². The maximum Gasteiger partial charge on any atom is 0.407 e. The van der Waals surface area contributed by atoms with Crippen molar-refractivity contribution < 1.29 is 14.3 Å². The maximum absolute atomic E-state index is 11.4. The van der Waals surface area contributed by atoms with E-state index in [2.05, 4.69) is 5.32 Å². The minimum Gasteiger partial charge on any atom is -0.445 e. The molecule has 1 atom stereocenters. The number of amides is 1. The lowest BCUT2D eigenvalue weighted by Crippen LogP contribution is -2.27. The molecule has 0 aromatic heterocycles. The predicted molar refractivity (Wildman–Crippen MR) is 72.5 cm³/mol. The van der Waals surface area contributed by atoms with Crippen molar-refractivity contribution in [3.05, 3.63) is 35.9 Å². The molecule has 3 N–H and O–H groups in total. The number of carbonyl (C=O) groups excluding carboxylic acids is 2. The Morgan fingerprint density at radius 3 is 2.79 bits per heavy atom. The van der Waals surface area contributed by atoms with Crippen molar-refractivity contribution >= 4 is 12.4 Å². The number of ether oxygens (including phenoxy) is 1. The van der Waals surface area contributed by atoms with E-state index in [0.717, 1.165) is 18.3 Å². The zero-order valence-electron chi connectivity index (χ0n) is 10.9. The fraction of sp³-hybridized carbons (Fsp3) is 0.429. The number of aldehydes is 1. The van der Waals surface area contributed by atoms with E-state index >= 15 is 0 Å². The first-order chi connectivity index (χ1) is 9.22. The third-order valence-corrected chi connectivity index (χ3v) is 2.63. The van der Waals surface area contributed by atoms with E-state index in [1.54, 1.807) is 0 Å². The molecule has 0 spiro atoms. The van der Waals surface area contributed by atoms with Gasteiger partial charge in [-0.1, -0.05) is 30.3 Å². The summed E-state index contributed by atoms with van der Waals surface area (Å²) >= 11 is 0. The second-order valence-corrected chi connectivity index (χ2v) is 4.29. The van der Waals surface area contributed by atoms with Gasteiger partial charge in [-0.3, -0.25) is 0 Å². The molecule has 0 saturated heterocycles. The van der Waals surface area contributed by atoms with Gasteiger partial charge >= 0.3 is 6.09 Å². The van der Waals surface area contributed by atoms with E-state index in [9.17, 15) is 9.59 Å². The fourth-order valence-corrected chi connectivity index (χ4v) is 1.57. The van der Waals surface area contributed by atoms with Gasteiger partial charge in [0.2, 0.25) is 0 Å². The Bertz CT molecular complexity index is 382. The number of nitrogens with two attached hydrogens (primary N) is 1. The van der Waals surface area contributed by atoms with Crippen molar-refractivity contribution in [2.24, 2.45) is 5.73 Å². The molecule has 0 fully saturated rings. The Kier molecular flexibility index (Phi) is 7.27. The Labute approximate surface area is 113 Å². The Morgan fingerprint density at radius 1 is 1.37 bits per heavy atom. The summed E-state index contributed by atoms with van der Waals surface area (Å²) in [5.74, 6) is 0. The highest BCUT2D eigenvalue weighted by Gasteiger charge is 2.04. The lowest BCUT2D eigenvalue weighted by Gasteiger charge is -2.09. The molecule has 1 aromatic rings. The van der Waals surface area contributed by atoms with Gasteiger partial charge in [0.25, 0.3) is 0 Å².